The summed E-state index contributed by atoms with van der Waals surface area (Å²) in [6, 6.07) is 0. The van der Waals surface area contributed by atoms with Crippen LogP contribution < -0.4 is 0 Å². The number of rotatable bonds is 2. The Balaban J connectivity index is 1.79. The van der Waals surface area contributed by atoms with Crippen LogP contribution in [0.4, 0.5) is 18.0 Å². The predicted molar refractivity (Wildman–Crippen MR) is 64.4 cm³/mol. The Kier molecular flexibility index (Phi) is 4.10. The van der Waals surface area contributed by atoms with Crippen molar-refractivity contribution in [2.45, 2.75) is 44.4 Å². The second-order valence-corrected chi connectivity index (χ2v) is 5.12. The van der Waals surface area contributed by atoms with Crippen LogP contribution in [0.15, 0.2) is 5.16 Å². The maximum Gasteiger partial charge on any atom is 0.422 e. The van der Waals surface area contributed by atoms with E-state index in [1.54, 1.807) is 0 Å². The van der Waals surface area contributed by atoms with Gasteiger partial charge in [0, 0.05) is 32.4 Å². The van der Waals surface area contributed by atoms with Gasteiger partial charge in [0.2, 0.25) is 0 Å². The highest BCUT2D eigenvalue weighted by molar-refractivity contribution is 5.85. The lowest BCUT2D eigenvalue weighted by molar-refractivity contribution is -0.163. The molecule has 0 N–H and O–H groups in total. The van der Waals surface area contributed by atoms with E-state index in [0.29, 0.717) is 25.9 Å². The summed E-state index contributed by atoms with van der Waals surface area (Å²) in [5.74, 6) is 0. The van der Waals surface area contributed by atoms with Crippen LogP contribution in [-0.4, -0.2) is 48.2 Å². The van der Waals surface area contributed by atoms with Crippen molar-refractivity contribution in [1.82, 2.24) is 4.90 Å². The number of halogens is 3. The van der Waals surface area contributed by atoms with E-state index < -0.39 is 18.9 Å². The molecule has 0 aromatic heterocycles. The number of likely N-dealkylation sites (tertiary alicyclic amines) is 1. The topological polar surface area (TPSA) is 51.1 Å². The predicted octanol–water partition coefficient (Wildman–Crippen LogP) is 2.71. The number of carbonyl (C=O) groups excluding carboxylic acids is 1. The summed E-state index contributed by atoms with van der Waals surface area (Å²) in [5, 5.41) is 4.00. The first kappa shape index (κ1) is 14.9. The van der Waals surface area contributed by atoms with Crippen molar-refractivity contribution >= 4 is 11.8 Å². The van der Waals surface area contributed by atoms with Crippen molar-refractivity contribution in [3.63, 3.8) is 0 Å². The minimum absolute atomic E-state index is 0.323. The first-order valence-electron chi connectivity index (χ1n) is 6.56. The van der Waals surface area contributed by atoms with Crippen LogP contribution in [-0.2, 0) is 9.57 Å². The van der Waals surface area contributed by atoms with Gasteiger partial charge in [0.25, 0.3) is 0 Å². The first-order chi connectivity index (χ1) is 9.34. The molecule has 1 saturated heterocycles. The minimum Gasteiger partial charge on any atom is -0.440 e. The molecule has 0 bridgehead atoms. The van der Waals surface area contributed by atoms with E-state index in [-0.39, 0.29) is 5.60 Å². The molecule has 0 atom stereocenters. The third-order valence-corrected chi connectivity index (χ3v) is 3.59. The number of hydrogen-bond donors (Lipinski definition) is 0. The molecule has 0 radical (unpaired) electrons. The Labute approximate surface area is 114 Å². The third kappa shape index (κ3) is 3.55. The summed E-state index contributed by atoms with van der Waals surface area (Å²) in [4.78, 5) is 18.2. The standard InChI is InChI=1S/C12H17F3N2O3/c1-2-9-7-11(20-16-9)3-5-17(6-4-11)10(18)19-8-12(13,14)15/h2-8H2,1H3. The van der Waals surface area contributed by atoms with Crippen molar-refractivity contribution < 1.29 is 27.5 Å². The van der Waals surface area contributed by atoms with Crippen LogP contribution >= 0.6 is 0 Å². The van der Waals surface area contributed by atoms with Crippen LogP contribution in [0.25, 0.3) is 0 Å². The zero-order valence-corrected chi connectivity index (χ0v) is 11.2. The molecule has 8 heteroatoms. The molecule has 0 saturated carbocycles. The van der Waals surface area contributed by atoms with E-state index in [1.807, 2.05) is 6.92 Å². The Morgan fingerprint density at radius 2 is 2.10 bits per heavy atom. The van der Waals surface area contributed by atoms with Crippen LogP contribution in [0.2, 0.25) is 0 Å². The number of nitrogens with zero attached hydrogens (tertiary/aromatic N) is 2. The number of amides is 1. The van der Waals surface area contributed by atoms with Gasteiger partial charge < -0.3 is 14.5 Å². The van der Waals surface area contributed by atoms with E-state index in [9.17, 15) is 18.0 Å². The summed E-state index contributed by atoms with van der Waals surface area (Å²) < 4.78 is 40.2. The van der Waals surface area contributed by atoms with E-state index in [4.69, 9.17) is 4.84 Å². The fraction of sp³-hybridized carbons (Fsp3) is 0.833. The van der Waals surface area contributed by atoms with Crippen molar-refractivity contribution in [2.75, 3.05) is 19.7 Å². The largest absolute Gasteiger partial charge is 0.440 e. The Hall–Kier alpha value is -1.47. The fourth-order valence-electron chi connectivity index (χ4n) is 2.39. The molecule has 20 heavy (non-hydrogen) atoms. The average Bonchev–Trinajstić information content (AvgIpc) is 2.79. The van der Waals surface area contributed by atoms with Crippen molar-refractivity contribution in [1.29, 1.82) is 0 Å². The second-order valence-electron chi connectivity index (χ2n) is 5.12. The summed E-state index contributed by atoms with van der Waals surface area (Å²) in [5.41, 5.74) is 0.602. The van der Waals surface area contributed by atoms with Crippen LogP contribution in [0.1, 0.15) is 32.6 Å². The lowest BCUT2D eigenvalue weighted by Crippen LogP contribution is -2.47. The highest BCUT2D eigenvalue weighted by Gasteiger charge is 2.43. The molecule has 2 rings (SSSR count). The summed E-state index contributed by atoms with van der Waals surface area (Å²) in [6.45, 7) is 1.09. The quantitative estimate of drug-likeness (QED) is 0.787. The summed E-state index contributed by atoms with van der Waals surface area (Å²) >= 11 is 0. The summed E-state index contributed by atoms with van der Waals surface area (Å²) in [6.07, 6.45) is -2.76. The maximum atomic E-state index is 12.0. The van der Waals surface area contributed by atoms with Crippen LogP contribution in [0, 0.1) is 0 Å². The van der Waals surface area contributed by atoms with Crippen molar-refractivity contribution in [3.8, 4) is 0 Å². The van der Waals surface area contributed by atoms with Gasteiger partial charge in [0.05, 0.1) is 5.71 Å². The van der Waals surface area contributed by atoms with Gasteiger partial charge in [-0.25, -0.2) is 4.79 Å². The summed E-state index contributed by atoms with van der Waals surface area (Å²) in [7, 11) is 0. The van der Waals surface area contributed by atoms with Crippen molar-refractivity contribution in [2.24, 2.45) is 5.16 Å². The zero-order chi connectivity index (χ0) is 14.8. The minimum atomic E-state index is -4.49. The lowest BCUT2D eigenvalue weighted by atomic mass is 9.86. The van der Waals surface area contributed by atoms with E-state index in [1.165, 1.54) is 4.90 Å². The SMILES string of the molecule is CCC1=NOC2(CCN(C(=O)OCC(F)(F)F)CC2)C1. The van der Waals surface area contributed by atoms with E-state index in [0.717, 1.165) is 18.6 Å². The third-order valence-electron chi connectivity index (χ3n) is 3.59. The van der Waals surface area contributed by atoms with Gasteiger partial charge in [-0.1, -0.05) is 12.1 Å². The zero-order valence-electron chi connectivity index (χ0n) is 11.2. The van der Waals surface area contributed by atoms with Gasteiger partial charge in [-0.3, -0.25) is 0 Å². The average molecular weight is 294 g/mol. The number of alkyl halides is 3. The highest BCUT2D eigenvalue weighted by atomic mass is 19.4. The molecule has 2 aliphatic heterocycles. The molecule has 2 heterocycles. The molecule has 1 spiro atoms. The highest BCUT2D eigenvalue weighted by Crippen LogP contribution is 2.35. The molecular weight excluding hydrogens is 277 g/mol. The Bertz CT molecular complexity index is 401. The molecule has 0 aliphatic carbocycles. The maximum absolute atomic E-state index is 12.0. The Morgan fingerprint density at radius 1 is 1.45 bits per heavy atom. The Morgan fingerprint density at radius 3 is 2.60 bits per heavy atom. The van der Waals surface area contributed by atoms with Crippen molar-refractivity contribution in [3.05, 3.63) is 0 Å². The molecule has 114 valence electrons. The molecule has 1 amide bonds. The number of oxime groups is 1. The lowest BCUT2D eigenvalue weighted by Gasteiger charge is -2.36. The molecule has 0 aromatic rings. The number of piperidine rings is 1. The van der Waals surface area contributed by atoms with Gasteiger partial charge in [-0.15, -0.1) is 0 Å². The number of ether oxygens (including phenoxy) is 1. The molecular formula is C12H17F3N2O3. The van der Waals surface area contributed by atoms with E-state index in [2.05, 4.69) is 9.89 Å². The molecule has 2 aliphatic rings. The number of hydrogen-bond acceptors (Lipinski definition) is 4. The monoisotopic (exact) mass is 294 g/mol. The van der Waals surface area contributed by atoms with Gasteiger partial charge >= 0.3 is 12.3 Å². The van der Waals surface area contributed by atoms with Gasteiger partial charge in [-0.2, -0.15) is 13.2 Å². The normalized spacial score (nSPS) is 21.6. The van der Waals surface area contributed by atoms with Crippen LogP contribution in [0.3, 0.4) is 0 Å². The molecule has 0 aromatic carbocycles. The molecule has 5 nitrogen and oxygen atoms in total. The molecule has 1 fully saturated rings. The van der Waals surface area contributed by atoms with Gasteiger partial charge in [-0.05, 0) is 6.42 Å². The smallest absolute Gasteiger partial charge is 0.422 e. The van der Waals surface area contributed by atoms with Gasteiger partial charge in [0.15, 0.2) is 6.61 Å². The van der Waals surface area contributed by atoms with E-state index >= 15 is 0 Å². The number of carbonyl (C=O) groups is 1. The second kappa shape index (κ2) is 5.49. The van der Waals surface area contributed by atoms with Crippen LogP contribution in [0.5, 0.6) is 0 Å². The molecule has 0 unspecified atom stereocenters. The first-order valence-corrected chi connectivity index (χ1v) is 6.56. The van der Waals surface area contributed by atoms with Gasteiger partial charge in [0.1, 0.15) is 5.60 Å². The fourth-order valence-corrected chi connectivity index (χ4v) is 2.39.